The molecular formula is C17H22FN3. The van der Waals surface area contributed by atoms with E-state index in [9.17, 15) is 4.39 Å². The molecule has 0 bridgehead atoms. The fourth-order valence-corrected chi connectivity index (χ4v) is 2.97. The fraction of sp³-hybridized carbons (Fsp3) is 0.471. The lowest BCUT2D eigenvalue weighted by molar-refractivity contribution is 0.233. The van der Waals surface area contributed by atoms with Crippen LogP contribution in [0.4, 0.5) is 4.39 Å². The van der Waals surface area contributed by atoms with Crippen LogP contribution in [0.15, 0.2) is 30.5 Å². The van der Waals surface area contributed by atoms with E-state index in [1.54, 1.807) is 6.07 Å². The average Bonchev–Trinajstić information content (AvgIpc) is 2.84. The number of benzene rings is 1. The van der Waals surface area contributed by atoms with Crippen LogP contribution in [-0.2, 0) is 25.0 Å². The van der Waals surface area contributed by atoms with Crippen LogP contribution in [0.25, 0.3) is 0 Å². The Kier molecular flexibility index (Phi) is 3.57. The van der Waals surface area contributed by atoms with Gasteiger partial charge in [-0.05, 0) is 26.8 Å². The van der Waals surface area contributed by atoms with Gasteiger partial charge in [0.2, 0.25) is 0 Å². The van der Waals surface area contributed by atoms with E-state index in [2.05, 4.69) is 35.5 Å². The summed E-state index contributed by atoms with van der Waals surface area (Å²) in [5.41, 5.74) is 3.38. The van der Waals surface area contributed by atoms with E-state index in [1.165, 1.54) is 17.3 Å². The lowest BCUT2D eigenvalue weighted by Gasteiger charge is -2.30. The van der Waals surface area contributed by atoms with E-state index in [4.69, 9.17) is 0 Å². The molecule has 0 spiro atoms. The molecule has 0 atom stereocenters. The number of aromatic nitrogens is 2. The quantitative estimate of drug-likeness (QED) is 0.844. The molecule has 0 amide bonds. The maximum atomic E-state index is 13.8. The van der Waals surface area contributed by atoms with Gasteiger partial charge in [0, 0.05) is 42.9 Å². The zero-order valence-corrected chi connectivity index (χ0v) is 12.9. The van der Waals surface area contributed by atoms with E-state index in [0.717, 1.165) is 25.1 Å². The number of nitrogens with zero attached hydrogens (tertiary/aromatic N) is 3. The van der Waals surface area contributed by atoms with Crippen molar-refractivity contribution in [2.45, 2.75) is 45.8 Å². The Bertz CT molecular complexity index is 640. The zero-order chi connectivity index (χ0) is 15.0. The first-order chi connectivity index (χ1) is 9.95. The van der Waals surface area contributed by atoms with Gasteiger partial charge in [-0.15, -0.1) is 0 Å². The van der Waals surface area contributed by atoms with Gasteiger partial charge in [-0.2, -0.15) is 5.10 Å². The van der Waals surface area contributed by atoms with Gasteiger partial charge in [0.1, 0.15) is 5.82 Å². The molecule has 1 aliphatic heterocycles. The van der Waals surface area contributed by atoms with Gasteiger partial charge in [-0.3, -0.25) is 9.58 Å². The lowest BCUT2D eigenvalue weighted by Crippen LogP contribution is -2.33. The summed E-state index contributed by atoms with van der Waals surface area (Å²) in [5, 5.41) is 4.54. The molecule has 0 saturated heterocycles. The average molecular weight is 287 g/mol. The summed E-state index contributed by atoms with van der Waals surface area (Å²) >= 11 is 0. The van der Waals surface area contributed by atoms with Crippen molar-refractivity contribution in [2.24, 2.45) is 0 Å². The van der Waals surface area contributed by atoms with Gasteiger partial charge in [-0.25, -0.2) is 4.39 Å². The van der Waals surface area contributed by atoms with E-state index < -0.39 is 0 Å². The second kappa shape index (κ2) is 5.26. The highest BCUT2D eigenvalue weighted by Gasteiger charge is 2.25. The molecule has 2 heterocycles. The molecular weight excluding hydrogens is 265 g/mol. The van der Waals surface area contributed by atoms with Crippen molar-refractivity contribution >= 4 is 0 Å². The number of halogens is 1. The molecule has 3 rings (SSSR count). The molecule has 0 N–H and O–H groups in total. The SMILES string of the molecule is CC(C)(C)n1ncc2c1CCN(Cc1ccccc1F)C2. The van der Waals surface area contributed by atoms with E-state index in [-0.39, 0.29) is 11.4 Å². The number of fused-ring (bicyclic) bond motifs is 1. The normalized spacial score (nSPS) is 16.0. The third-order valence-corrected chi connectivity index (χ3v) is 4.00. The highest BCUT2D eigenvalue weighted by molar-refractivity contribution is 5.23. The molecule has 0 fully saturated rings. The zero-order valence-electron chi connectivity index (χ0n) is 12.9. The number of hydrogen-bond acceptors (Lipinski definition) is 2. The second-order valence-electron chi connectivity index (χ2n) is 6.75. The van der Waals surface area contributed by atoms with Crippen molar-refractivity contribution < 1.29 is 4.39 Å². The highest BCUT2D eigenvalue weighted by Crippen LogP contribution is 2.25. The minimum Gasteiger partial charge on any atom is -0.294 e. The Morgan fingerprint density at radius 2 is 2.00 bits per heavy atom. The van der Waals surface area contributed by atoms with Crippen molar-refractivity contribution in [3.63, 3.8) is 0 Å². The Balaban J connectivity index is 1.77. The van der Waals surface area contributed by atoms with Crippen LogP contribution < -0.4 is 0 Å². The standard InChI is InChI=1S/C17H22FN3/c1-17(2,3)21-16-8-9-20(12-14(16)10-19-21)11-13-6-4-5-7-15(13)18/h4-7,10H,8-9,11-12H2,1-3H3. The van der Waals surface area contributed by atoms with Crippen molar-refractivity contribution in [3.8, 4) is 0 Å². The molecule has 2 aromatic rings. The predicted octanol–water partition coefficient (Wildman–Crippen LogP) is 3.34. The largest absolute Gasteiger partial charge is 0.294 e. The minimum absolute atomic E-state index is 0.0152. The van der Waals surface area contributed by atoms with Gasteiger partial charge in [0.05, 0.1) is 11.7 Å². The van der Waals surface area contributed by atoms with Crippen LogP contribution in [0, 0.1) is 5.82 Å². The van der Waals surface area contributed by atoms with Crippen LogP contribution in [0.3, 0.4) is 0 Å². The van der Waals surface area contributed by atoms with Gasteiger partial charge in [-0.1, -0.05) is 18.2 Å². The summed E-state index contributed by atoms with van der Waals surface area (Å²) in [7, 11) is 0. The summed E-state index contributed by atoms with van der Waals surface area (Å²) in [4.78, 5) is 2.29. The molecule has 1 aromatic carbocycles. The van der Waals surface area contributed by atoms with Crippen molar-refractivity contribution in [2.75, 3.05) is 6.54 Å². The van der Waals surface area contributed by atoms with Crippen molar-refractivity contribution in [1.29, 1.82) is 0 Å². The highest BCUT2D eigenvalue weighted by atomic mass is 19.1. The minimum atomic E-state index is -0.117. The van der Waals surface area contributed by atoms with Crippen molar-refractivity contribution in [3.05, 3.63) is 53.1 Å². The predicted molar refractivity (Wildman–Crippen MR) is 81.4 cm³/mol. The molecule has 3 nitrogen and oxygen atoms in total. The van der Waals surface area contributed by atoms with Crippen LogP contribution in [-0.4, -0.2) is 21.2 Å². The summed E-state index contributed by atoms with van der Waals surface area (Å²) in [6.07, 6.45) is 2.94. The van der Waals surface area contributed by atoms with E-state index in [1.807, 2.05) is 18.3 Å². The van der Waals surface area contributed by atoms with Crippen molar-refractivity contribution in [1.82, 2.24) is 14.7 Å². The first kappa shape index (κ1) is 14.3. The monoisotopic (exact) mass is 287 g/mol. The maximum Gasteiger partial charge on any atom is 0.127 e. The maximum absolute atomic E-state index is 13.8. The molecule has 1 aliphatic rings. The number of hydrogen-bond donors (Lipinski definition) is 0. The molecule has 112 valence electrons. The third-order valence-electron chi connectivity index (χ3n) is 4.00. The Morgan fingerprint density at radius 3 is 2.71 bits per heavy atom. The topological polar surface area (TPSA) is 21.1 Å². The number of rotatable bonds is 2. The van der Waals surface area contributed by atoms with E-state index >= 15 is 0 Å². The molecule has 4 heteroatoms. The second-order valence-corrected chi connectivity index (χ2v) is 6.75. The van der Waals surface area contributed by atoms with Crippen LogP contribution in [0.1, 0.15) is 37.6 Å². The van der Waals surface area contributed by atoms with Gasteiger partial charge < -0.3 is 0 Å². The van der Waals surface area contributed by atoms with Crippen LogP contribution >= 0.6 is 0 Å². The Labute approximate surface area is 125 Å². The van der Waals surface area contributed by atoms with Gasteiger partial charge >= 0.3 is 0 Å². The Hall–Kier alpha value is -1.68. The summed E-state index contributed by atoms with van der Waals surface area (Å²) in [6.45, 7) is 8.97. The van der Waals surface area contributed by atoms with Crippen LogP contribution in [0.2, 0.25) is 0 Å². The van der Waals surface area contributed by atoms with Crippen LogP contribution in [0.5, 0.6) is 0 Å². The molecule has 21 heavy (non-hydrogen) atoms. The third kappa shape index (κ3) is 2.86. The lowest BCUT2D eigenvalue weighted by atomic mass is 10.0. The first-order valence-corrected chi connectivity index (χ1v) is 7.47. The summed E-state index contributed by atoms with van der Waals surface area (Å²) in [6, 6.07) is 7.03. The van der Waals surface area contributed by atoms with Gasteiger partial charge in [0.15, 0.2) is 0 Å². The fourth-order valence-electron chi connectivity index (χ4n) is 2.97. The Morgan fingerprint density at radius 1 is 1.24 bits per heavy atom. The molecule has 0 radical (unpaired) electrons. The molecule has 0 aliphatic carbocycles. The summed E-state index contributed by atoms with van der Waals surface area (Å²) < 4.78 is 15.9. The first-order valence-electron chi connectivity index (χ1n) is 7.47. The smallest absolute Gasteiger partial charge is 0.127 e. The molecule has 0 unspecified atom stereocenters. The molecule has 0 saturated carbocycles. The van der Waals surface area contributed by atoms with E-state index in [0.29, 0.717) is 6.54 Å². The summed E-state index contributed by atoms with van der Waals surface area (Å²) in [5.74, 6) is -0.117. The molecule has 1 aromatic heterocycles. The van der Waals surface area contributed by atoms with Gasteiger partial charge in [0.25, 0.3) is 0 Å².